The number of hydrogen-bond donors (Lipinski definition) is 3. The van der Waals surface area contributed by atoms with E-state index in [4.69, 9.17) is 10.9 Å². The van der Waals surface area contributed by atoms with Crippen molar-refractivity contribution in [3.63, 3.8) is 0 Å². The number of nitrogens with one attached hydrogen (secondary N) is 1. The van der Waals surface area contributed by atoms with Gasteiger partial charge in [-0.15, -0.1) is 0 Å². The van der Waals surface area contributed by atoms with Crippen LogP contribution in [0.25, 0.3) is 0 Å². The highest BCUT2D eigenvalue weighted by atomic mass is 32.2. The molecule has 0 aliphatic rings. The maximum atomic E-state index is 13.5. The summed E-state index contributed by atoms with van der Waals surface area (Å²) in [5.74, 6) is -1.30. The monoisotopic (exact) mass is 290 g/mol. The number of nitrogens with zero attached hydrogens (tertiary/aromatic N) is 2. The van der Waals surface area contributed by atoms with E-state index in [1.807, 2.05) is 0 Å². The number of aromatic nitrogens is 1. The average molecular weight is 290 g/mol. The molecule has 0 saturated carbocycles. The quantitative estimate of drug-likeness (QED) is 0.314. The van der Waals surface area contributed by atoms with Gasteiger partial charge in [0.05, 0.1) is 5.54 Å². The number of amidine groups is 1. The molecule has 1 atom stereocenters. The molecule has 1 aromatic heterocycles. The second kappa shape index (κ2) is 5.49. The molecular formula is C10H15FN4O3S. The van der Waals surface area contributed by atoms with E-state index in [1.165, 1.54) is 13.0 Å². The van der Waals surface area contributed by atoms with Crippen molar-refractivity contribution in [1.29, 1.82) is 0 Å². The number of pyridine rings is 1. The highest BCUT2D eigenvalue weighted by Gasteiger charge is 2.35. The van der Waals surface area contributed by atoms with E-state index in [0.717, 1.165) is 12.3 Å². The lowest BCUT2D eigenvalue weighted by atomic mass is 10.00. The maximum absolute atomic E-state index is 13.5. The summed E-state index contributed by atoms with van der Waals surface area (Å²) in [6, 6.07) is 2.26. The summed E-state index contributed by atoms with van der Waals surface area (Å²) in [6.07, 6.45) is 1.36. The molecule has 0 spiro atoms. The molecule has 0 bridgehead atoms. The number of hydrogen-bond acceptors (Lipinski definition) is 5. The van der Waals surface area contributed by atoms with E-state index in [-0.39, 0.29) is 12.3 Å². The molecule has 4 N–H and O–H groups in total. The van der Waals surface area contributed by atoms with Crippen LogP contribution in [0.5, 0.6) is 0 Å². The Bertz CT molecular complexity index is 590. The third-order valence-electron chi connectivity index (χ3n) is 2.72. The Kier molecular flexibility index (Phi) is 4.43. The second-order valence-electron chi connectivity index (χ2n) is 4.07. The van der Waals surface area contributed by atoms with Crippen LogP contribution in [0.2, 0.25) is 0 Å². The molecule has 106 valence electrons. The lowest BCUT2D eigenvalue weighted by Crippen LogP contribution is -2.55. The van der Waals surface area contributed by atoms with Crippen molar-refractivity contribution in [2.45, 2.75) is 30.8 Å². The van der Waals surface area contributed by atoms with E-state index >= 15 is 0 Å². The molecule has 1 aromatic rings. The van der Waals surface area contributed by atoms with Crippen LogP contribution in [-0.4, -0.2) is 30.0 Å². The SMILES string of the molecule is CCC(C)(NS(=O)(=O)c1ncccc1F)/C(N)=N/O. The van der Waals surface area contributed by atoms with E-state index in [2.05, 4.69) is 14.9 Å². The maximum Gasteiger partial charge on any atom is 0.261 e. The van der Waals surface area contributed by atoms with Crippen LogP contribution < -0.4 is 10.5 Å². The van der Waals surface area contributed by atoms with Crippen molar-refractivity contribution in [2.75, 3.05) is 0 Å². The normalized spacial score (nSPS) is 16.1. The summed E-state index contributed by atoms with van der Waals surface area (Å²) in [4.78, 5) is 3.48. The summed E-state index contributed by atoms with van der Waals surface area (Å²) >= 11 is 0. The zero-order valence-electron chi connectivity index (χ0n) is 10.5. The number of sulfonamides is 1. The molecule has 0 aliphatic heterocycles. The minimum Gasteiger partial charge on any atom is -0.409 e. The Hall–Kier alpha value is -1.74. The largest absolute Gasteiger partial charge is 0.409 e. The van der Waals surface area contributed by atoms with Gasteiger partial charge in [-0.2, -0.15) is 4.72 Å². The summed E-state index contributed by atoms with van der Waals surface area (Å²) < 4.78 is 39.7. The first-order valence-electron chi connectivity index (χ1n) is 5.39. The van der Waals surface area contributed by atoms with Crippen molar-refractivity contribution in [3.05, 3.63) is 24.1 Å². The second-order valence-corrected chi connectivity index (χ2v) is 5.66. The number of nitrogens with two attached hydrogens (primary N) is 1. The number of halogens is 1. The molecule has 0 radical (unpaired) electrons. The van der Waals surface area contributed by atoms with Gasteiger partial charge in [0.1, 0.15) is 0 Å². The highest BCUT2D eigenvalue weighted by Crippen LogP contribution is 2.16. The molecule has 1 rings (SSSR count). The summed E-state index contributed by atoms with van der Waals surface area (Å²) in [6.45, 7) is 3.05. The first kappa shape index (κ1) is 15.3. The molecule has 0 fully saturated rings. The van der Waals surface area contributed by atoms with Gasteiger partial charge in [-0.05, 0) is 25.5 Å². The predicted molar refractivity (Wildman–Crippen MR) is 66.6 cm³/mol. The third-order valence-corrected chi connectivity index (χ3v) is 4.25. The fraction of sp³-hybridized carbons (Fsp3) is 0.400. The summed E-state index contributed by atoms with van der Waals surface area (Å²) in [5.41, 5.74) is 4.11. The Labute approximate surface area is 110 Å². The minimum absolute atomic E-state index is 0.205. The number of oxime groups is 1. The molecular weight excluding hydrogens is 275 g/mol. The van der Waals surface area contributed by atoms with Crippen LogP contribution in [0.3, 0.4) is 0 Å². The molecule has 0 amide bonds. The van der Waals surface area contributed by atoms with E-state index in [9.17, 15) is 12.8 Å². The molecule has 1 unspecified atom stereocenters. The molecule has 19 heavy (non-hydrogen) atoms. The van der Waals surface area contributed by atoms with Crippen molar-refractivity contribution in [2.24, 2.45) is 10.9 Å². The fourth-order valence-corrected chi connectivity index (χ4v) is 2.79. The Morgan fingerprint density at radius 1 is 1.68 bits per heavy atom. The van der Waals surface area contributed by atoms with E-state index in [0.29, 0.717) is 0 Å². The smallest absolute Gasteiger partial charge is 0.261 e. The van der Waals surface area contributed by atoms with Crippen molar-refractivity contribution in [3.8, 4) is 0 Å². The van der Waals surface area contributed by atoms with Gasteiger partial charge in [0.25, 0.3) is 10.0 Å². The van der Waals surface area contributed by atoms with Crippen molar-refractivity contribution < 1.29 is 18.0 Å². The standard InChI is InChI=1S/C10H15FN4O3S/c1-3-10(2,9(12)14-16)15-19(17,18)8-7(11)5-4-6-13-8/h4-6,15-16H,3H2,1-2H3,(H2,12,14). The van der Waals surface area contributed by atoms with E-state index < -0.39 is 26.4 Å². The van der Waals surface area contributed by atoms with Gasteiger partial charge in [0, 0.05) is 6.20 Å². The van der Waals surface area contributed by atoms with Gasteiger partial charge in [-0.3, -0.25) is 0 Å². The molecule has 0 saturated heterocycles. The van der Waals surface area contributed by atoms with Crippen molar-refractivity contribution in [1.82, 2.24) is 9.71 Å². The Morgan fingerprint density at radius 3 is 2.79 bits per heavy atom. The molecule has 0 aromatic carbocycles. The lowest BCUT2D eigenvalue weighted by molar-refractivity contribution is 0.310. The lowest BCUT2D eigenvalue weighted by Gasteiger charge is -2.27. The minimum atomic E-state index is -4.22. The predicted octanol–water partition coefficient (Wildman–Crippen LogP) is 0.414. The first-order chi connectivity index (χ1) is 8.77. The van der Waals surface area contributed by atoms with Gasteiger partial charge in [-0.25, -0.2) is 17.8 Å². The molecule has 1 heterocycles. The zero-order valence-corrected chi connectivity index (χ0v) is 11.3. The third kappa shape index (κ3) is 3.18. The fourth-order valence-electron chi connectivity index (χ4n) is 1.33. The Balaban J connectivity index is 3.20. The summed E-state index contributed by atoms with van der Waals surface area (Å²) in [5, 5.41) is 10.7. The van der Waals surface area contributed by atoms with Gasteiger partial charge < -0.3 is 10.9 Å². The molecule has 7 nitrogen and oxygen atoms in total. The first-order valence-corrected chi connectivity index (χ1v) is 6.87. The van der Waals surface area contributed by atoms with Crippen molar-refractivity contribution >= 4 is 15.9 Å². The van der Waals surface area contributed by atoms with Gasteiger partial charge in [0.2, 0.25) is 5.03 Å². The van der Waals surface area contributed by atoms with Crippen LogP contribution in [0.1, 0.15) is 20.3 Å². The average Bonchev–Trinajstić information content (AvgIpc) is 2.37. The van der Waals surface area contributed by atoms with Crippen LogP contribution in [0.4, 0.5) is 4.39 Å². The van der Waals surface area contributed by atoms with Gasteiger partial charge >= 0.3 is 0 Å². The number of rotatable bonds is 5. The van der Waals surface area contributed by atoms with Crippen LogP contribution in [0, 0.1) is 5.82 Å². The molecule has 0 aliphatic carbocycles. The van der Waals surface area contributed by atoms with Crippen LogP contribution >= 0.6 is 0 Å². The van der Waals surface area contributed by atoms with Crippen LogP contribution in [-0.2, 0) is 10.0 Å². The van der Waals surface area contributed by atoms with E-state index in [1.54, 1.807) is 6.92 Å². The summed E-state index contributed by atoms with van der Waals surface area (Å²) in [7, 11) is -4.22. The highest BCUT2D eigenvalue weighted by molar-refractivity contribution is 7.89. The van der Waals surface area contributed by atoms with Gasteiger partial charge in [-0.1, -0.05) is 12.1 Å². The van der Waals surface area contributed by atoms with Gasteiger partial charge in [0.15, 0.2) is 11.7 Å². The van der Waals surface area contributed by atoms with Crippen LogP contribution in [0.15, 0.2) is 28.5 Å². The molecule has 9 heteroatoms. The zero-order chi connectivity index (χ0) is 14.7. The Morgan fingerprint density at radius 2 is 2.32 bits per heavy atom. The topological polar surface area (TPSA) is 118 Å².